The van der Waals surface area contributed by atoms with Gasteiger partial charge in [0, 0.05) is 34.7 Å². The van der Waals surface area contributed by atoms with E-state index in [0.717, 1.165) is 10.4 Å². The molecule has 246 valence electrons. The minimum atomic E-state index is -1.30. The van der Waals surface area contributed by atoms with Crippen molar-refractivity contribution in [1.29, 1.82) is 0 Å². The fourth-order valence-corrected chi connectivity index (χ4v) is 5.45. The number of Topliss-reactive ketones (excluding diaryl/α,β-unsaturated/α-hetero) is 2. The van der Waals surface area contributed by atoms with Gasteiger partial charge >= 0.3 is 55.0 Å². The van der Waals surface area contributed by atoms with Crippen LogP contribution in [0.1, 0.15) is 40.5 Å². The Balaban J connectivity index is 0.00000111. The number of carbonyl (C=O) groups is 4. The number of fused-ring (bicyclic) bond motifs is 2. The average Bonchev–Trinajstić information content (AvgIpc) is 3.02. The van der Waals surface area contributed by atoms with Crippen LogP contribution in [0.25, 0.3) is 23.3 Å². The van der Waals surface area contributed by atoms with Gasteiger partial charge in [-0.15, -0.1) is 0 Å². The molecule has 0 aromatic heterocycles. The van der Waals surface area contributed by atoms with Crippen LogP contribution in [-0.4, -0.2) is 45.8 Å². The van der Waals surface area contributed by atoms with Gasteiger partial charge in [-0.2, -0.15) is 0 Å². The summed E-state index contributed by atoms with van der Waals surface area (Å²) in [6.45, 7) is 7.69. The Labute approximate surface area is 286 Å². The number of rotatable bonds is 13. The van der Waals surface area contributed by atoms with Crippen molar-refractivity contribution in [2.24, 2.45) is 11.8 Å². The van der Waals surface area contributed by atoms with E-state index in [1.165, 1.54) is 12.4 Å². The molecule has 0 aliphatic heterocycles. The molecule has 13 heteroatoms. The molecule has 0 amide bonds. The monoisotopic (exact) mass is 718 g/mol. The van der Waals surface area contributed by atoms with Gasteiger partial charge in [0.2, 0.25) is 0 Å². The summed E-state index contributed by atoms with van der Waals surface area (Å²) >= 11 is -2.61. The fraction of sp³-hybridized carbons (Fsp3) is 0.294. The van der Waals surface area contributed by atoms with E-state index in [1.54, 1.807) is 36.4 Å². The molecule has 0 unspecified atom stereocenters. The van der Waals surface area contributed by atoms with Crippen LogP contribution in [0.4, 0.5) is 0 Å². The topological polar surface area (TPSA) is 176 Å². The number of allylic oxidation sites excluding steroid dienone is 2. The minimum absolute atomic E-state index is 0.120. The molecule has 0 bridgehead atoms. The second kappa shape index (κ2) is 17.8. The zero-order chi connectivity index (χ0) is 34.7. The molecular weight excluding hydrogens is 682 g/mol. The van der Waals surface area contributed by atoms with Gasteiger partial charge in [0.15, 0.2) is 11.6 Å². The summed E-state index contributed by atoms with van der Waals surface area (Å²) in [4.78, 5) is 51.9. The van der Waals surface area contributed by atoms with Crippen LogP contribution in [0.2, 0.25) is 0 Å². The van der Waals surface area contributed by atoms with Gasteiger partial charge in [0.1, 0.15) is 12.1 Å². The van der Waals surface area contributed by atoms with Crippen molar-refractivity contribution in [1.82, 2.24) is 10.6 Å². The molecule has 2 atom stereocenters. The van der Waals surface area contributed by atoms with Crippen molar-refractivity contribution >= 4 is 46.8 Å². The number of hydrogen-bond acceptors (Lipinski definition) is 9. The van der Waals surface area contributed by atoms with E-state index >= 15 is 0 Å². The Morgan fingerprint density at radius 3 is 1.36 bits per heavy atom. The number of ketones is 2. The Morgan fingerprint density at radius 2 is 1.06 bits per heavy atom. The van der Waals surface area contributed by atoms with E-state index in [1.807, 2.05) is 52.0 Å². The van der Waals surface area contributed by atoms with Gasteiger partial charge in [-0.25, -0.2) is 9.59 Å². The summed E-state index contributed by atoms with van der Waals surface area (Å²) in [6, 6.07) is 12.7. The molecule has 11 nitrogen and oxygen atoms in total. The third kappa shape index (κ3) is 10.00. The molecule has 4 N–H and O–H groups in total. The number of hydrogen-bond donors (Lipinski definition) is 4. The molecule has 0 saturated heterocycles. The van der Waals surface area contributed by atoms with Crippen LogP contribution < -0.4 is 31.5 Å². The van der Waals surface area contributed by atoms with Crippen molar-refractivity contribution in [2.75, 3.05) is 0 Å². The Bertz CT molecular complexity index is 1750. The van der Waals surface area contributed by atoms with Crippen LogP contribution in [0.15, 0.2) is 72.1 Å². The molecule has 0 radical (unpaired) electrons. The molecule has 2 aromatic rings. The quantitative estimate of drug-likeness (QED) is 0.218. The van der Waals surface area contributed by atoms with Gasteiger partial charge in [-0.3, -0.25) is 9.59 Å². The predicted octanol–water partition coefficient (Wildman–Crippen LogP) is 1.05. The van der Waals surface area contributed by atoms with Crippen molar-refractivity contribution in [3.05, 3.63) is 93.0 Å². The van der Waals surface area contributed by atoms with E-state index in [9.17, 15) is 36.7 Å². The van der Waals surface area contributed by atoms with Crippen LogP contribution in [0.5, 0.6) is 0 Å². The Kier molecular flexibility index (Phi) is 14.2. The first-order chi connectivity index (χ1) is 22.4. The second-order valence-corrected chi connectivity index (χ2v) is 13.4. The Morgan fingerprint density at radius 1 is 0.702 bits per heavy atom. The molecule has 0 heterocycles. The van der Waals surface area contributed by atoms with Crippen molar-refractivity contribution < 1.29 is 72.5 Å². The zero-order valence-electron chi connectivity index (χ0n) is 26.3. The van der Waals surface area contributed by atoms with Gasteiger partial charge in [0.25, 0.3) is 0 Å². The number of carboxylic acid groups (broad SMARTS) is 2. The second-order valence-electron chi connectivity index (χ2n) is 11.7. The first kappa shape index (κ1) is 37.5. The number of carbonyl (C=O) groups excluding carboxylic acids is 2. The fourth-order valence-electron chi connectivity index (χ4n) is 5.23. The SMILES string of the molecule is CC(C)C[C@H](N/C=C1/C=c2ccccc2=C(C2=c3ccccc3=C/C(=C/N[C@@H](CC(C)C)C(=O)O)C2=O)C1=O)C(=O)O.[O]=[V][O][V]=[O]. The van der Waals surface area contributed by atoms with Gasteiger partial charge < -0.3 is 20.8 Å². The molecule has 47 heavy (non-hydrogen) atoms. The Hall–Kier alpha value is -3.99. The number of carboxylic acids is 2. The molecule has 2 aromatic carbocycles. The van der Waals surface area contributed by atoms with Crippen molar-refractivity contribution in [3.63, 3.8) is 0 Å². The summed E-state index contributed by atoms with van der Waals surface area (Å²) in [6.07, 6.45) is 6.97. The number of aliphatic carboxylic acids is 2. The number of nitrogens with one attached hydrogen (secondary N) is 2. The summed E-state index contributed by atoms with van der Waals surface area (Å²) < 4.78 is 22.4. The normalized spacial score (nSPS) is 16.6. The molecule has 0 saturated carbocycles. The summed E-state index contributed by atoms with van der Waals surface area (Å²) in [7, 11) is 0. The van der Waals surface area contributed by atoms with Gasteiger partial charge in [-0.05, 0) is 57.7 Å². The van der Waals surface area contributed by atoms with Crippen molar-refractivity contribution in [3.8, 4) is 0 Å². The first-order valence-electron chi connectivity index (χ1n) is 14.8. The van der Waals surface area contributed by atoms with Crippen LogP contribution in [-0.2, 0) is 62.3 Å². The van der Waals surface area contributed by atoms with E-state index in [4.69, 9.17) is 0 Å². The summed E-state index contributed by atoms with van der Waals surface area (Å²) in [5.41, 5.74) is 0.894. The van der Waals surface area contributed by atoms with Crippen LogP contribution in [0, 0.1) is 11.8 Å². The molecule has 0 spiro atoms. The average molecular weight is 719 g/mol. The maximum absolute atomic E-state index is 14.1. The van der Waals surface area contributed by atoms with Crippen LogP contribution >= 0.6 is 0 Å². The van der Waals surface area contributed by atoms with Gasteiger partial charge in [0.05, 0.1) is 0 Å². The van der Waals surface area contributed by atoms with E-state index in [0.29, 0.717) is 23.3 Å². The first-order valence-corrected chi connectivity index (χ1v) is 17.1. The van der Waals surface area contributed by atoms with Crippen LogP contribution in [0.3, 0.4) is 0 Å². The van der Waals surface area contributed by atoms with E-state index in [-0.39, 0.29) is 34.1 Å². The molecule has 2 aliphatic carbocycles. The molecular formula is C34H36N2O9V2. The standard InChI is InChI=1S/C34H36N2O6.3O.2V/c1-19(2)13-27(33(39)40)35-17-23-15-21-9-5-7-11-25(21)29(31(23)37)30-26-12-8-6-10-22(26)16-24(32(30)38)18-36-28(34(41)42)14-20(3)4;;;;;/h5-12,15-20,27-28,35-36H,13-14H2,1-4H3,(H,39,40)(H,41,42);;;;;/b23-17-,24-18-;;;;;/t27-,28-;;;;;/m0...../s1. The van der Waals surface area contributed by atoms with Crippen molar-refractivity contribution in [2.45, 2.75) is 52.6 Å². The van der Waals surface area contributed by atoms with Gasteiger partial charge in [-0.1, -0.05) is 76.2 Å². The third-order valence-corrected chi connectivity index (χ3v) is 8.33. The molecule has 0 fully saturated rings. The maximum atomic E-state index is 14.1. The predicted molar refractivity (Wildman–Crippen MR) is 164 cm³/mol. The summed E-state index contributed by atoms with van der Waals surface area (Å²) in [5.74, 6) is -2.62. The zero-order valence-corrected chi connectivity index (χ0v) is 29.1. The third-order valence-electron chi connectivity index (χ3n) is 7.27. The van der Waals surface area contributed by atoms with E-state index < -0.39 is 68.8 Å². The molecule has 4 rings (SSSR count). The number of benzene rings is 2. The summed E-state index contributed by atoms with van der Waals surface area (Å²) in [5, 5.41) is 27.8. The molecule has 2 aliphatic rings. The van der Waals surface area contributed by atoms with E-state index in [2.05, 4.69) is 13.2 Å².